The lowest BCUT2D eigenvalue weighted by molar-refractivity contribution is 0.600. The van der Waals surface area contributed by atoms with Crippen molar-refractivity contribution >= 4 is 21.6 Å². The largest absolute Gasteiger partial charge is 0.366 e. The van der Waals surface area contributed by atoms with E-state index in [0.29, 0.717) is 18.4 Å². The maximum Gasteiger partial charge on any atom is 0.247 e. The van der Waals surface area contributed by atoms with Gasteiger partial charge in [0.05, 0.1) is 17.7 Å². The molecule has 1 N–H and O–H groups in total. The van der Waals surface area contributed by atoms with Gasteiger partial charge in [0.25, 0.3) is 0 Å². The first-order chi connectivity index (χ1) is 10.0. The number of hydrogen-bond donors (Lipinski definition) is 1. The average Bonchev–Trinajstić information content (AvgIpc) is 3.08. The predicted octanol–water partition coefficient (Wildman–Crippen LogP) is 0.849. The summed E-state index contributed by atoms with van der Waals surface area (Å²) < 4.78 is 23.2. The fourth-order valence-electron chi connectivity index (χ4n) is 3.04. The van der Waals surface area contributed by atoms with Crippen LogP contribution in [0, 0.1) is 0 Å². The van der Waals surface area contributed by atoms with Crippen LogP contribution in [0.4, 0.5) is 11.8 Å². The molecule has 0 radical (unpaired) electrons. The Kier molecular flexibility index (Phi) is 3.97. The number of anilines is 2. The molecule has 1 atom stereocenters. The predicted molar refractivity (Wildman–Crippen MR) is 81.2 cm³/mol. The molecule has 7 nitrogen and oxygen atoms in total. The Bertz CT molecular complexity index is 600. The van der Waals surface area contributed by atoms with Gasteiger partial charge in [-0.1, -0.05) is 12.8 Å². The van der Waals surface area contributed by atoms with Gasteiger partial charge >= 0.3 is 0 Å². The van der Waals surface area contributed by atoms with E-state index in [1.54, 1.807) is 6.20 Å². The van der Waals surface area contributed by atoms with E-state index in [-0.39, 0.29) is 17.5 Å². The van der Waals surface area contributed by atoms with Gasteiger partial charge in [0, 0.05) is 19.1 Å². The molecule has 0 bridgehead atoms. The van der Waals surface area contributed by atoms with Gasteiger partial charge in [-0.2, -0.15) is 10.1 Å². The van der Waals surface area contributed by atoms with E-state index in [1.165, 1.54) is 12.8 Å². The monoisotopic (exact) mass is 311 g/mol. The topological polar surface area (TPSA) is 88.1 Å². The standard InChI is InChI=1S/C13H21N5O2S/c1-18(11-6-7-21(19,20)9-11)13-16-12(8-14-17-13)15-10-4-2-3-5-10/h8,10-11H,2-7,9H2,1H3,(H,15,16,17). The van der Waals surface area contributed by atoms with Gasteiger partial charge in [-0.3, -0.25) is 0 Å². The zero-order chi connectivity index (χ0) is 14.9. The minimum Gasteiger partial charge on any atom is -0.366 e. The first-order valence-corrected chi connectivity index (χ1v) is 9.25. The second-order valence-electron chi connectivity index (χ2n) is 5.94. The highest BCUT2D eigenvalue weighted by Crippen LogP contribution is 2.23. The Morgan fingerprint density at radius 1 is 1.29 bits per heavy atom. The maximum atomic E-state index is 11.6. The van der Waals surface area contributed by atoms with Crippen molar-refractivity contribution in [1.29, 1.82) is 0 Å². The molecule has 2 aliphatic rings. The van der Waals surface area contributed by atoms with Crippen molar-refractivity contribution in [2.45, 2.75) is 44.2 Å². The van der Waals surface area contributed by atoms with Crippen LogP contribution in [0.5, 0.6) is 0 Å². The van der Waals surface area contributed by atoms with E-state index in [2.05, 4.69) is 20.5 Å². The Morgan fingerprint density at radius 3 is 2.71 bits per heavy atom. The first-order valence-electron chi connectivity index (χ1n) is 7.43. The van der Waals surface area contributed by atoms with Gasteiger partial charge in [0.1, 0.15) is 0 Å². The second kappa shape index (κ2) is 5.75. The third kappa shape index (κ3) is 3.42. The normalized spacial score (nSPS) is 25.1. The highest BCUT2D eigenvalue weighted by Gasteiger charge is 2.32. The van der Waals surface area contributed by atoms with Gasteiger partial charge in [0.15, 0.2) is 15.7 Å². The number of rotatable bonds is 4. The molecule has 1 unspecified atom stereocenters. The molecule has 1 saturated heterocycles. The Balaban J connectivity index is 1.70. The number of sulfone groups is 1. The Morgan fingerprint density at radius 2 is 2.05 bits per heavy atom. The molecule has 0 amide bonds. The maximum absolute atomic E-state index is 11.6. The van der Waals surface area contributed by atoms with Crippen LogP contribution in [0.1, 0.15) is 32.1 Å². The van der Waals surface area contributed by atoms with Crippen molar-refractivity contribution in [2.75, 3.05) is 28.8 Å². The van der Waals surface area contributed by atoms with Gasteiger partial charge in [0.2, 0.25) is 5.95 Å². The molecule has 8 heteroatoms. The summed E-state index contributed by atoms with van der Waals surface area (Å²) in [7, 11) is -1.08. The third-order valence-corrected chi connectivity index (χ3v) is 6.08. The molecule has 116 valence electrons. The molecule has 3 rings (SSSR count). The lowest BCUT2D eigenvalue weighted by atomic mass is 10.2. The van der Waals surface area contributed by atoms with E-state index < -0.39 is 9.84 Å². The number of nitrogens with zero attached hydrogens (tertiary/aromatic N) is 4. The minimum absolute atomic E-state index is 0.0569. The summed E-state index contributed by atoms with van der Waals surface area (Å²) in [6.45, 7) is 0. The Labute approximate surface area is 125 Å². The van der Waals surface area contributed by atoms with Crippen LogP contribution in [0.15, 0.2) is 6.20 Å². The summed E-state index contributed by atoms with van der Waals surface area (Å²) >= 11 is 0. The molecule has 1 aromatic rings. The highest BCUT2D eigenvalue weighted by atomic mass is 32.2. The quantitative estimate of drug-likeness (QED) is 0.881. The molecule has 1 saturated carbocycles. The molecule has 0 spiro atoms. The summed E-state index contributed by atoms with van der Waals surface area (Å²) in [4.78, 5) is 6.31. The first kappa shape index (κ1) is 14.5. The van der Waals surface area contributed by atoms with E-state index in [9.17, 15) is 8.42 Å². The highest BCUT2D eigenvalue weighted by molar-refractivity contribution is 7.91. The van der Waals surface area contributed by atoms with Crippen LogP contribution in [-0.4, -0.2) is 54.2 Å². The van der Waals surface area contributed by atoms with Gasteiger partial charge in [-0.15, -0.1) is 5.10 Å². The summed E-state index contributed by atoms with van der Waals surface area (Å²) in [5, 5.41) is 11.4. The second-order valence-corrected chi connectivity index (χ2v) is 8.16. The smallest absolute Gasteiger partial charge is 0.247 e. The summed E-state index contributed by atoms with van der Waals surface area (Å²) in [5.41, 5.74) is 0. The van der Waals surface area contributed by atoms with E-state index in [0.717, 1.165) is 18.7 Å². The van der Waals surface area contributed by atoms with Crippen LogP contribution >= 0.6 is 0 Å². The van der Waals surface area contributed by atoms with E-state index >= 15 is 0 Å². The Hall–Kier alpha value is -1.44. The lowest BCUT2D eigenvalue weighted by Gasteiger charge is -2.23. The van der Waals surface area contributed by atoms with Crippen molar-refractivity contribution in [3.05, 3.63) is 6.20 Å². The number of nitrogens with one attached hydrogen (secondary N) is 1. The molecular formula is C13H21N5O2S. The molecule has 2 fully saturated rings. The van der Waals surface area contributed by atoms with Crippen LogP contribution in [-0.2, 0) is 9.84 Å². The lowest BCUT2D eigenvalue weighted by Crippen LogP contribution is -2.34. The van der Waals surface area contributed by atoms with Crippen LogP contribution in [0.25, 0.3) is 0 Å². The summed E-state index contributed by atoms with van der Waals surface area (Å²) in [5.74, 6) is 1.63. The average molecular weight is 311 g/mol. The van der Waals surface area contributed by atoms with Gasteiger partial charge in [-0.25, -0.2) is 8.42 Å². The molecular weight excluding hydrogens is 290 g/mol. The van der Waals surface area contributed by atoms with E-state index in [4.69, 9.17) is 0 Å². The molecule has 1 aromatic heterocycles. The van der Waals surface area contributed by atoms with Crippen molar-refractivity contribution in [1.82, 2.24) is 15.2 Å². The van der Waals surface area contributed by atoms with Crippen molar-refractivity contribution < 1.29 is 8.42 Å². The molecule has 2 heterocycles. The van der Waals surface area contributed by atoms with E-state index in [1.807, 2.05) is 11.9 Å². The van der Waals surface area contributed by atoms with Crippen molar-refractivity contribution in [3.63, 3.8) is 0 Å². The summed E-state index contributed by atoms with van der Waals surface area (Å²) in [6.07, 6.45) is 7.08. The molecule has 1 aliphatic carbocycles. The molecule has 1 aliphatic heterocycles. The van der Waals surface area contributed by atoms with Crippen LogP contribution in [0.3, 0.4) is 0 Å². The van der Waals surface area contributed by atoms with Gasteiger partial charge in [-0.05, 0) is 19.3 Å². The zero-order valence-electron chi connectivity index (χ0n) is 12.2. The summed E-state index contributed by atoms with van der Waals surface area (Å²) in [6, 6.07) is 0.408. The fourth-order valence-corrected chi connectivity index (χ4v) is 4.81. The molecule has 0 aromatic carbocycles. The zero-order valence-corrected chi connectivity index (χ0v) is 13.0. The minimum atomic E-state index is -2.91. The van der Waals surface area contributed by atoms with Crippen LogP contribution in [0.2, 0.25) is 0 Å². The van der Waals surface area contributed by atoms with Gasteiger partial charge < -0.3 is 10.2 Å². The number of hydrogen-bond acceptors (Lipinski definition) is 7. The van der Waals surface area contributed by atoms with Crippen LogP contribution < -0.4 is 10.2 Å². The van der Waals surface area contributed by atoms with Crippen molar-refractivity contribution in [3.8, 4) is 0 Å². The van der Waals surface area contributed by atoms with Crippen molar-refractivity contribution in [2.24, 2.45) is 0 Å². The molecule has 21 heavy (non-hydrogen) atoms. The third-order valence-electron chi connectivity index (χ3n) is 4.33. The SMILES string of the molecule is CN(c1nncc(NC2CCCC2)n1)C1CCS(=O)(=O)C1. The number of aromatic nitrogens is 3. The fraction of sp³-hybridized carbons (Fsp3) is 0.769.